The number of benzene rings is 12. The average Bonchev–Trinajstić information content (AvgIpc) is 3.77. The fourth-order valence-corrected chi connectivity index (χ4v) is 10.5. The summed E-state index contributed by atoms with van der Waals surface area (Å²) in [5, 5.41) is 9.89. The summed E-state index contributed by atoms with van der Waals surface area (Å²) >= 11 is 0. The Labute approximate surface area is 395 Å². The van der Waals surface area contributed by atoms with Crippen LogP contribution in [0, 0.1) is 0 Å². The number of hydrogen-bond acceptors (Lipinski definition) is 1. The van der Waals surface area contributed by atoms with Crippen LogP contribution in [0.25, 0.3) is 104 Å². The molecule has 13 rings (SSSR count). The van der Waals surface area contributed by atoms with Crippen molar-refractivity contribution in [2.24, 2.45) is 0 Å². The molecule has 0 amide bonds. The van der Waals surface area contributed by atoms with Gasteiger partial charge in [-0.05, 0) is 150 Å². The van der Waals surface area contributed by atoms with Gasteiger partial charge in [0.2, 0.25) is 0 Å². The molecule has 68 heavy (non-hydrogen) atoms. The maximum Gasteiger partial charge on any atom is 0.0625 e. The molecule has 0 N–H and O–H groups in total. The van der Waals surface area contributed by atoms with Gasteiger partial charge in [-0.15, -0.1) is 0 Å². The Bertz CT molecular complexity index is 3940. The molecule has 13 aromatic rings. The van der Waals surface area contributed by atoms with Gasteiger partial charge in [0.15, 0.2) is 0 Å². The molecule has 318 valence electrons. The first-order chi connectivity index (χ1) is 33.7. The summed E-state index contributed by atoms with van der Waals surface area (Å²) in [7, 11) is 0. The quantitative estimate of drug-likeness (QED) is 0.138. The number of anilines is 3. The lowest BCUT2D eigenvalue weighted by atomic mass is 9.93. The maximum absolute atomic E-state index is 2.45. The highest BCUT2D eigenvalue weighted by atomic mass is 15.1. The topological polar surface area (TPSA) is 8.17 Å². The van der Waals surface area contributed by atoms with E-state index in [1.807, 2.05) is 0 Å². The van der Waals surface area contributed by atoms with Crippen molar-refractivity contribution in [3.8, 4) is 50.2 Å². The summed E-state index contributed by atoms with van der Waals surface area (Å²) in [4.78, 5) is 2.42. The maximum atomic E-state index is 2.45. The Morgan fingerprint density at radius 1 is 0.265 bits per heavy atom. The van der Waals surface area contributed by atoms with Crippen LogP contribution < -0.4 is 4.90 Å². The molecule has 0 bridgehead atoms. The van der Waals surface area contributed by atoms with Crippen molar-refractivity contribution in [1.82, 2.24) is 4.57 Å². The van der Waals surface area contributed by atoms with Crippen molar-refractivity contribution >= 4 is 71.2 Å². The predicted octanol–water partition coefficient (Wildman–Crippen LogP) is 18.4. The van der Waals surface area contributed by atoms with E-state index in [9.17, 15) is 0 Å². The fraction of sp³-hybridized carbons (Fsp3) is 0. The van der Waals surface area contributed by atoms with Crippen LogP contribution in [0.15, 0.2) is 267 Å². The van der Waals surface area contributed by atoms with E-state index in [0.29, 0.717) is 0 Å². The minimum atomic E-state index is 1.08. The fourth-order valence-electron chi connectivity index (χ4n) is 10.5. The van der Waals surface area contributed by atoms with Gasteiger partial charge < -0.3 is 9.47 Å². The van der Waals surface area contributed by atoms with Crippen LogP contribution >= 0.6 is 0 Å². The molecule has 0 fully saturated rings. The molecule has 0 saturated heterocycles. The van der Waals surface area contributed by atoms with Crippen LogP contribution in [0.3, 0.4) is 0 Å². The number of hydrogen-bond donors (Lipinski definition) is 0. The van der Waals surface area contributed by atoms with Gasteiger partial charge in [0.25, 0.3) is 0 Å². The highest BCUT2D eigenvalue weighted by Crippen LogP contribution is 2.45. The Balaban J connectivity index is 0.996. The van der Waals surface area contributed by atoms with Crippen molar-refractivity contribution in [1.29, 1.82) is 0 Å². The van der Waals surface area contributed by atoms with E-state index in [-0.39, 0.29) is 0 Å². The SMILES string of the molecule is c1ccc(-c2cc(-c3ccccc3)cc(-c3ccc(N(c4cccc(-c5cc6ccccc6c6c5c5ccccc5n6-c5ccccc5)c4)c4ccc5c(ccc6ccccc65)c4)cc3)c2)cc1. The van der Waals surface area contributed by atoms with Crippen LogP contribution in [0.2, 0.25) is 0 Å². The lowest BCUT2D eigenvalue weighted by molar-refractivity contribution is 1.19. The smallest absolute Gasteiger partial charge is 0.0625 e. The molecule has 0 unspecified atom stereocenters. The number of rotatable bonds is 8. The second-order valence-electron chi connectivity index (χ2n) is 17.7. The zero-order chi connectivity index (χ0) is 45.0. The molecule has 0 aliphatic rings. The van der Waals surface area contributed by atoms with Crippen LogP contribution in [0.4, 0.5) is 17.1 Å². The third-order valence-corrected chi connectivity index (χ3v) is 13.7. The average molecular weight is 865 g/mol. The van der Waals surface area contributed by atoms with Crippen molar-refractivity contribution in [2.45, 2.75) is 0 Å². The van der Waals surface area contributed by atoms with Gasteiger partial charge in [0.05, 0.1) is 11.0 Å². The number of nitrogens with zero attached hydrogens (tertiary/aromatic N) is 2. The van der Waals surface area contributed by atoms with E-state index in [0.717, 1.165) is 33.9 Å². The minimum Gasteiger partial charge on any atom is -0.310 e. The Morgan fingerprint density at radius 2 is 0.765 bits per heavy atom. The van der Waals surface area contributed by atoms with E-state index >= 15 is 0 Å². The van der Waals surface area contributed by atoms with Gasteiger partial charge in [-0.2, -0.15) is 0 Å². The van der Waals surface area contributed by atoms with E-state index in [1.54, 1.807) is 0 Å². The zero-order valence-electron chi connectivity index (χ0n) is 37.3. The van der Waals surface area contributed by atoms with Gasteiger partial charge in [0, 0.05) is 38.9 Å². The standard InChI is InChI=1S/C66H44N2/c1-4-17-45(18-5-1)52-39-53(46-19-6-2-7-20-46)41-54(40-52)47-33-35-56(36-34-47)67(58-37-38-60-51(43-58)32-31-48-21-10-12-27-59(48)60)57-26-16-23-49(42-57)63-44-50-22-11-13-28-61(50)66-65(63)62-29-14-15-30-64(62)68(66)55-24-8-3-9-25-55/h1-44H. The molecular formula is C66H44N2. The lowest BCUT2D eigenvalue weighted by Crippen LogP contribution is -2.10. The van der Waals surface area contributed by atoms with Crippen LogP contribution in [-0.4, -0.2) is 4.57 Å². The zero-order valence-corrected chi connectivity index (χ0v) is 37.3. The lowest BCUT2D eigenvalue weighted by Gasteiger charge is -2.27. The number of fused-ring (bicyclic) bond motifs is 8. The molecule has 1 heterocycles. The highest BCUT2D eigenvalue weighted by molar-refractivity contribution is 6.24. The number of para-hydroxylation sites is 2. The van der Waals surface area contributed by atoms with E-state index < -0.39 is 0 Å². The summed E-state index contributed by atoms with van der Waals surface area (Å²) in [6.07, 6.45) is 0. The summed E-state index contributed by atoms with van der Waals surface area (Å²) in [6, 6.07) is 97.6. The van der Waals surface area contributed by atoms with E-state index in [4.69, 9.17) is 0 Å². The monoisotopic (exact) mass is 864 g/mol. The first kappa shape index (κ1) is 39.4. The number of aromatic nitrogens is 1. The molecule has 2 heteroatoms. The van der Waals surface area contributed by atoms with E-state index in [2.05, 4.69) is 276 Å². The van der Waals surface area contributed by atoms with Crippen LogP contribution in [-0.2, 0) is 0 Å². The third-order valence-electron chi connectivity index (χ3n) is 13.7. The first-order valence-corrected chi connectivity index (χ1v) is 23.4. The normalized spacial score (nSPS) is 11.5. The van der Waals surface area contributed by atoms with Crippen LogP contribution in [0.5, 0.6) is 0 Å². The summed E-state index contributed by atoms with van der Waals surface area (Å²) in [5.41, 5.74) is 16.3. The molecule has 2 nitrogen and oxygen atoms in total. The third kappa shape index (κ3) is 6.82. The second kappa shape index (κ2) is 16.5. The Kier molecular flexibility index (Phi) is 9.54. The predicted molar refractivity (Wildman–Crippen MR) is 290 cm³/mol. The van der Waals surface area contributed by atoms with Crippen molar-refractivity contribution in [3.05, 3.63) is 267 Å². The highest BCUT2D eigenvalue weighted by Gasteiger charge is 2.21. The van der Waals surface area contributed by atoms with Gasteiger partial charge in [0.1, 0.15) is 0 Å². The van der Waals surface area contributed by atoms with Crippen molar-refractivity contribution in [3.63, 3.8) is 0 Å². The molecule has 12 aromatic carbocycles. The van der Waals surface area contributed by atoms with E-state index in [1.165, 1.54) is 87.5 Å². The van der Waals surface area contributed by atoms with Crippen molar-refractivity contribution in [2.75, 3.05) is 4.90 Å². The molecule has 0 aliphatic heterocycles. The molecule has 0 saturated carbocycles. The molecule has 1 aromatic heterocycles. The van der Waals surface area contributed by atoms with Gasteiger partial charge >= 0.3 is 0 Å². The molecule has 0 aliphatic carbocycles. The molecular weight excluding hydrogens is 821 g/mol. The minimum absolute atomic E-state index is 1.08. The summed E-state index contributed by atoms with van der Waals surface area (Å²) < 4.78 is 2.45. The van der Waals surface area contributed by atoms with Gasteiger partial charge in [-0.25, -0.2) is 0 Å². The second-order valence-corrected chi connectivity index (χ2v) is 17.7. The van der Waals surface area contributed by atoms with Crippen LogP contribution in [0.1, 0.15) is 0 Å². The largest absolute Gasteiger partial charge is 0.310 e. The summed E-state index contributed by atoms with van der Waals surface area (Å²) in [6.45, 7) is 0. The molecule has 0 atom stereocenters. The molecule has 0 radical (unpaired) electrons. The van der Waals surface area contributed by atoms with Gasteiger partial charge in [-0.1, -0.05) is 188 Å². The first-order valence-electron chi connectivity index (χ1n) is 23.4. The Hall–Kier alpha value is -8.98. The molecule has 0 spiro atoms. The van der Waals surface area contributed by atoms with Gasteiger partial charge in [-0.3, -0.25) is 0 Å². The summed E-state index contributed by atoms with van der Waals surface area (Å²) in [5.74, 6) is 0. The Morgan fingerprint density at radius 3 is 1.47 bits per heavy atom. The van der Waals surface area contributed by atoms with Crippen molar-refractivity contribution < 1.29 is 0 Å².